The van der Waals surface area contributed by atoms with Gasteiger partial charge in [0.2, 0.25) is 5.91 Å². The molecule has 4 nitrogen and oxygen atoms in total. The molecule has 0 fully saturated rings. The second-order valence-corrected chi connectivity index (χ2v) is 5.04. The molecule has 1 amide bonds. The van der Waals surface area contributed by atoms with Gasteiger partial charge in [-0.2, -0.15) is 25.3 Å². The molecule has 0 spiro atoms. The summed E-state index contributed by atoms with van der Waals surface area (Å²) in [4.78, 5) is 12.2. The molecule has 0 aromatic heterocycles. The Hall–Kier alpha value is -0.330. The Morgan fingerprint density at radius 1 is 1.53 bits per heavy atom. The first-order valence-corrected chi connectivity index (χ1v) is 6.95. The third kappa shape index (κ3) is 2.92. The van der Waals surface area contributed by atoms with E-state index in [1.165, 1.54) is 0 Å². The van der Waals surface area contributed by atoms with E-state index in [0.29, 0.717) is 11.5 Å². The molecule has 1 aliphatic rings. The van der Waals surface area contributed by atoms with Gasteiger partial charge in [-0.1, -0.05) is 6.92 Å². The number of carbonyl (C=O) groups is 1. The third-order valence-corrected chi connectivity index (χ3v) is 4.16. The molecule has 0 saturated carbocycles. The molecule has 17 heavy (non-hydrogen) atoms. The minimum absolute atomic E-state index is 0.0510. The van der Waals surface area contributed by atoms with Gasteiger partial charge in [-0.05, 0) is 19.5 Å². The molecule has 1 aliphatic carbocycles. The molecule has 2 unspecified atom stereocenters. The molecular formula is C11H21N3OS2. The van der Waals surface area contributed by atoms with E-state index >= 15 is 0 Å². The van der Waals surface area contributed by atoms with Crippen molar-refractivity contribution < 1.29 is 4.79 Å². The Morgan fingerprint density at radius 2 is 2.18 bits per heavy atom. The van der Waals surface area contributed by atoms with Gasteiger partial charge in [0, 0.05) is 24.3 Å². The highest BCUT2D eigenvalue weighted by atomic mass is 32.1. The van der Waals surface area contributed by atoms with Crippen LogP contribution in [0.4, 0.5) is 0 Å². The minimum Gasteiger partial charge on any atom is -0.389 e. The van der Waals surface area contributed by atoms with Gasteiger partial charge < -0.3 is 16.0 Å². The molecule has 0 aliphatic heterocycles. The van der Waals surface area contributed by atoms with Gasteiger partial charge in [0.1, 0.15) is 11.1 Å². The van der Waals surface area contributed by atoms with Gasteiger partial charge in [-0.15, -0.1) is 0 Å². The first-order valence-electron chi connectivity index (χ1n) is 5.68. The summed E-state index contributed by atoms with van der Waals surface area (Å²) in [6.45, 7) is 4.55. The summed E-state index contributed by atoms with van der Waals surface area (Å²) < 4.78 is 0. The van der Waals surface area contributed by atoms with Crippen LogP contribution in [0.1, 0.15) is 13.8 Å². The Balaban J connectivity index is 2.65. The molecule has 6 heteroatoms. The van der Waals surface area contributed by atoms with E-state index in [1.54, 1.807) is 0 Å². The van der Waals surface area contributed by atoms with E-state index in [1.807, 2.05) is 27.0 Å². The molecule has 0 heterocycles. The first-order chi connectivity index (χ1) is 7.98. The largest absolute Gasteiger partial charge is 0.389 e. The minimum atomic E-state index is -0.650. The Kier molecular flexibility index (Phi) is 4.80. The number of amides is 1. The van der Waals surface area contributed by atoms with Gasteiger partial charge >= 0.3 is 0 Å². The third-order valence-electron chi connectivity index (χ3n) is 3.03. The Labute approximate surface area is 114 Å². The van der Waals surface area contributed by atoms with E-state index in [2.05, 4.69) is 41.2 Å². The standard InChI is InChI=1S/C11H21N3OS2/c1-4-13-10(2,6-16)9(15)14-11(7-17)5-8(11)12-3/h5,12-13,16-17H,4,6-7H2,1-3H3,(H,14,15). The summed E-state index contributed by atoms with van der Waals surface area (Å²) in [5.74, 6) is 0.957. The van der Waals surface area contributed by atoms with Crippen molar-refractivity contribution in [2.45, 2.75) is 24.9 Å². The van der Waals surface area contributed by atoms with Crippen LogP contribution in [0, 0.1) is 0 Å². The summed E-state index contributed by atoms with van der Waals surface area (Å²) in [5, 5.41) is 9.22. The van der Waals surface area contributed by atoms with Crippen molar-refractivity contribution in [2.24, 2.45) is 0 Å². The maximum Gasteiger partial charge on any atom is 0.241 e. The van der Waals surface area contributed by atoms with Crippen molar-refractivity contribution >= 4 is 31.2 Å². The van der Waals surface area contributed by atoms with Crippen LogP contribution in [0.25, 0.3) is 0 Å². The van der Waals surface area contributed by atoms with E-state index < -0.39 is 11.1 Å². The van der Waals surface area contributed by atoms with Crippen molar-refractivity contribution in [3.05, 3.63) is 11.8 Å². The van der Waals surface area contributed by atoms with E-state index in [4.69, 9.17) is 0 Å². The smallest absolute Gasteiger partial charge is 0.241 e. The highest BCUT2D eigenvalue weighted by molar-refractivity contribution is 7.80. The lowest BCUT2D eigenvalue weighted by Crippen LogP contribution is -2.60. The average molecular weight is 275 g/mol. The Morgan fingerprint density at radius 3 is 2.53 bits per heavy atom. The normalized spacial score (nSPS) is 25.8. The van der Waals surface area contributed by atoms with Gasteiger partial charge in [0.25, 0.3) is 0 Å². The zero-order chi connectivity index (χ0) is 13.1. The molecule has 1 rings (SSSR count). The molecule has 0 radical (unpaired) electrons. The predicted molar refractivity (Wildman–Crippen MR) is 77.8 cm³/mol. The maximum atomic E-state index is 12.2. The second-order valence-electron chi connectivity index (χ2n) is 4.41. The van der Waals surface area contributed by atoms with Gasteiger partial charge in [0.05, 0.1) is 0 Å². The summed E-state index contributed by atoms with van der Waals surface area (Å²) in [5.41, 5.74) is -0.0311. The van der Waals surface area contributed by atoms with Gasteiger partial charge in [0.15, 0.2) is 0 Å². The molecule has 0 bridgehead atoms. The SMILES string of the molecule is CCNC(C)(CS)C(=O)NC1(CS)C=C1NC. The number of hydrogen-bond acceptors (Lipinski definition) is 5. The molecule has 98 valence electrons. The summed E-state index contributed by atoms with van der Waals surface area (Å²) in [6.07, 6.45) is 1.97. The van der Waals surface area contributed by atoms with Crippen LogP contribution >= 0.6 is 25.3 Å². The van der Waals surface area contributed by atoms with Gasteiger partial charge in [-0.25, -0.2) is 0 Å². The highest BCUT2D eigenvalue weighted by Crippen LogP contribution is 2.33. The topological polar surface area (TPSA) is 53.2 Å². The number of hydrogen-bond donors (Lipinski definition) is 5. The van der Waals surface area contributed by atoms with Crippen LogP contribution in [0.2, 0.25) is 0 Å². The zero-order valence-electron chi connectivity index (χ0n) is 10.5. The molecule has 0 aromatic rings. The van der Waals surface area contributed by atoms with Crippen LogP contribution in [0.15, 0.2) is 11.8 Å². The highest BCUT2D eigenvalue weighted by Gasteiger charge is 2.46. The maximum absolute atomic E-state index is 12.2. The number of thiol groups is 2. The fraction of sp³-hybridized carbons (Fsp3) is 0.727. The number of rotatable bonds is 7. The van der Waals surface area contributed by atoms with E-state index in [9.17, 15) is 4.79 Å². The molecule has 2 atom stereocenters. The van der Waals surface area contributed by atoms with Crippen LogP contribution in [0.5, 0.6) is 0 Å². The van der Waals surface area contributed by atoms with E-state index in [-0.39, 0.29) is 5.91 Å². The monoisotopic (exact) mass is 275 g/mol. The van der Waals surface area contributed by atoms with Crippen LogP contribution in [0.3, 0.4) is 0 Å². The van der Waals surface area contributed by atoms with Gasteiger partial charge in [-0.3, -0.25) is 4.79 Å². The quantitative estimate of drug-likeness (QED) is 0.431. The average Bonchev–Trinajstić information content (AvgIpc) is 3.03. The van der Waals surface area contributed by atoms with Crippen molar-refractivity contribution in [2.75, 3.05) is 25.1 Å². The van der Waals surface area contributed by atoms with Crippen molar-refractivity contribution in [1.82, 2.24) is 16.0 Å². The van der Waals surface area contributed by atoms with Crippen molar-refractivity contribution in [3.8, 4) is 0 Å². The number of likely N-dealkylation sites (N-methyl/N-ethyl adjacent to an activating group) is 2. The molecule has 3 N–H and O–H groups in total. The molecule has 0 aromatic carbocycles. The number of nitrogens with one attached hydrogen (secondary N) is 3. The fourth-order valence-electron chi connectivity index (χ4n) is 1.72. The number of carbonyl (C=O) groups excluding carboxylic acids is 1. The predicted octanol–water partition coefficient (Wildman–Crippen LogP) is 0.186. The lowest BCUT2D eigenvalue weighted by molar-refractivity contribution is -0.126. The Bertz CT molecular complexity index is 335. The summed E-state index contributed by atoms with van der Waals surface area (Å²) >= 11 is 8.53. The summed E-state index contributed by atoms with van der Waals surface area (Å²) in [7, 11) is 1.84. The summed E-state index contributed by atoms with van der Waals surface area (Å²) in [6, 6.07) is 0. The fourth-order valence-corrected chi connectivity index (χ4v) is 2.31. The molecule has 0 saturated heterocycles. The molecular weight excluding hydrogens is 254 g/mol. The van der Waals surface area contributed by atoms with E-state index in [0.717, 1.165) is 12.2 Å². The van der Waals surface area contributed by atoms with Crippen molar-refractivity contribution in [1.29, 1.82) is 0 Å². The first kappa shape index (κ1) is 14.7. The van der Waals surface area contributed by atoms with Crippen LogP contribution in [-0.2, 0) is 4.79 Å². The lowest BCUT2D eigenvalue weighted by atomic mass is 10.0. The van der Waals surface area contributed by atoms with Crippen LogP contribution < -0.4 is 16.0 Å². The van der Waals surface area contributed by atoms with Crippen LogP contribution in [-0.4, -0.2) is 42.1 Å². The zero-order valence-corrected chi connectivity index (χ0v) is 12.3. The van der Waals surface area contributed by atoms with Crippen molar-refractivity contribution in [3.63, 3.8) is 0 Å². The lowest BCUT2D eigenvalue weighted by Gasteiger charge is -2.30. The second kappa shape index (κ2) is 5.54.